The summed E-state index contributed by atoms with van der Waals surface area (Å²) in [7, 11) is 0. The van der Waals surface area contributed by atoms with Gasteiger partial charge in [0, 0.05) is 24.5 Å². The highest BCUT2D eigenvalue weighted by Gasteiger charge is 2.42. The molecule has 2 aromatic rings. The number of carbonyl (C=O) groups excluding carboxylic acids is 3. The van der Waals surface area contributed by atoms with Crippen LogP contribution in [-0.4, -0.2) is 53.8 Å². The molecule has 7 heteroatoms. The molecule has 3 amide bonds. The Morgan fingerprint density at radius 2 is 1.57 bits per heavy atom. The van der Waals surface area contributed by atoms with E-state index < -0.39 is 17.9 Å². The van der Waals surface area contributed by atoms with Gasteiger partial charge in [-0.15, -0.1) is 0 Å². The number of carbonyl (C=O) groups is 3. The number of thioether (sulfide) groups is 1. The van der Waals surface area contributed by atoms with E-state index in [-0.39, 0.29) is 5.91 Å². The van der Waals surface area contributed by atoms with E-state index in [9.17, 15) is 14.4 Å². The summed E-state index contributed by atoms with van der Waals surface area (Å²) in [6.45, 7) is 5.99. The first-order chi connectivity index (χ1) is 14.5. The lowest BCUT2D eigenvalue weighted by molar-refractivity contribution is -0.120. The average molecular weight is 426 g/mol. The van der Waals surface area contributed by atoms with E-state index in [1.807, 2.05) is 30.5 Å². The molecule has 1 atom stereocenters. The Morgan fingerprint density at radius 1 is 1.00 bits per heavy atom. The van der Waals surface area contributed by atoms with Crippen LogP contribution in [0.4, 0.5) is 11.4 Å². The van der Waals surface area contributed by atoms with Crippen LogP contribution in [0.1, 0.15) is 41.0 Å². The molecule has 2 aromatic carbocycles. The minimum atomic E-state index is -0.854. The topological polar surface area (TPSA) is 69.7 Å². The number of hydrogen-bond acceptors (Lipinski definition) is 5. The minimum absolute atomic E-state index is 0.353. The molecule has 158 valence electrons. The fraction of sp³-hybridized carbons (Fsp3) is 0.348. The second-order valence-corrected chi connectivity index (χ2v) is 8.02. The summed E-state index contributed by atoms with van der Waals surface area (Å²) in [5.41, 5.74) is 2.43. The number of nitrogens with one attached hydrogen (secondary N) is 1. The van der Waals surface area contributed by atoms with Gasteiger partial charge in [0.15, 0.2) is 0 Å². The summed E-state index contributed by atoms with van der Waals surface area (Å²) in [4.78, 5) is 42.2. The second kappa shape index (κ2) is 9.80. The SMILES string of the molecule is CCN(CC)c1ccc(NC(=O)[C@H](CCSC)N2C(=O)c3ccccc3C2=O)cc1. The maximum Gasteiger partial charge on any atom is 0.262 e. The predicted molar refractivity (Wildman–Crippen MR) is 122 cm³/mol. The lowest BCUT2D eigenvalue weighted by Gasteiger charge is -2.25. The normalized spacial score (nSPS) is 13.9. The van der Waals surface area contributed by atoms with E-state index >= 15 is 0 Å². The molecule has 0 aromatic heterocycles. The number of imide groups is 1. The van der Waals surface area contributed by atoms with Crippen LogP contribution in [0.25, 0.3) is 0 Å². The summed E-state index contributed by atoms with van der Waals surface area (Å²) in [6, 6.07) is 13.5. The number of fused-ring (bicyclic) bond motifs is 1. The van der Waals surface area contributed by atoms with Crippen molar-refractivity contribution < 1.29 is 14.4 Å². The van der Waals surface area contributed by atoms with Gasteiger partial charge in [0.1, 0.15) is 6.04 Å². The van der Waals surface area contributed by atoms with Gasteiger partial charge in [0.05, 0.1) is 11.1 Å². The first kappa shape index (κ1) is 21.9. The molecule has 0 saturated carbocycles. The smallest absolute Gasteiger partial charge is 0.262 e. The van der Waals surface area contributed by atoms with Gasteiger partial charge in [0.2, 0.25) is 5.91 Å². The maximum atomic E-state index is 13.1. The number of rotatable bonds is 9. The van der Waals surface area contributed by atoms with Crippen LogP contribution in [-0.2, 0) is 4.79 Å². The number of hydrogen-bond donors (Lipinski definition) is 1. The fourth-order valence-electron chi connectivity index (χ4n) is 3.67. The summed E-state index contributed by atoms with van der Waals surface area (Å²) >= 11 is 1.57. The number of anilines is 2. The third-order valence-electron chi connectivity index (χ3n) is 5.30. The molecule has 6 nitrogen and oxygen atoms in total. The van der Waals surface area contributed by atoms with E-state index in [1.54, 1.807) is 36.0 Å². The summed E-state index contributed by atoms with van der Waals surface area (Å²) in [5.74, 6) is -0.511. The van der Waals surface area contributed by atoms with Gasteiger partial charge in [-0.1, -0.05) is 12.1 Å². The summed E-state index contributed by atoms with van der Waals surface area (Å²) < 4.78 is 0. The average Bonchev–Trinajstić information content (AvgIpc) is 3.01. The predicted octanol–water partition coefficient (Wildman–Crippen LogP) is 3.89. The van der Waals surface area contributed by atoms with Gasteiger partial charge >= 0.3 is 0 Å². The molecule has 0 unspecified atom stereocenters. The quantitative estimate of drug-likeness (QED) is 0.617. The number of amides is 3. The Morgan fingerprint density at radius 3 is 2.07 bits per heavy atom. The van der Waals surface area contributed by atoms with Gasteiger partial charge in [-0.25, -0.2) is 0 Å². The third-order valence-corrected chi connectivity index (χ3v) is 5.94. The molecule has 0 spiro atoms. The molecule has 1 aliphatic heterocycles. The van der Waals surface area contributed by atoms with Gasteiger partial charge in [0.25, 0.3) is 11.8 Å². The van der Waals surface area contributed by atoms with Crippen molar-refractivity contribution in [2.24, 2.45) is 0 Å². The van der Waals surface area contributed by atoms with E-state index in [1.165, 1.54) is 0 Å². The minimum Gasteiger partial charge on any atom is -0.372 e. The standard InChI is InChI=1S/C23H27N3O3S/c1-4-25(5-2)17-12-10-16(11-13-17)24-21(27)20(14-15-30-3)26-22(28)18-8-6-7-9-19(18)23(26)29/h6-13,20H,4-5,14-15H2,1-3H3,(H,24,27)/t20-/m0/s1. The Labute approximate surface area is 181 Å². The van der Waals surface area contributed by atoms with Gasteiger partial charge in [-0.05, 0) is 68.7 Å². The highest BCUT2D eigenvalue weighted by molar-refractivity contribution is 7.98. The molecular formula is C23H27N3O3S. The van der Waals surface area contributed by atoms with Crippen LogP contribution in [0.5, 0.6) is 0 Å². The van der Waals surface area contributed by atoms with Crippen molar-refractivity contribution in [2.45, 2.75) is 26.3 Å². The van der Waals surface area contributed by atoms with Crippen molar-refractivity contribution >= 4 is 40.9 Å². The first-order valence-corrected chi connectivity index (χ1v) is 11.5. The van der Waals surface area contributed by atoms with Gasteiger partial charge in [-0.2, -0.15) is 11.8 Å². The lowest BCUT2D eigenvalue weighted by atomic mass is 10.1. The van der Waals surface area contributed by atoms with Crippen molar-refractivity contribution in [2.75, 3.05) is 35.3 Å². The molecule has 1 heterocycles. The van der Waals surface area contributed by atoms with Crippen molar-refractivity contribution in [3.63, 3.8) is 0 Å². The van der Waals surface area contributed by atoms with Crippen molar-refractivity contribution in [1.29, 1.82) is 0 Å². The molecule has 1 aliphatic rings. The zero-order valence-corrected chi connectivity index (χ0v) is 18.4. The highest BCUT2D eigenvalue weighted by Crippen LogP contribution is 2.27. The van der Waals surface area contributed by atoms with E-state index in [0.29, 0.717) is 29.0 Å². The van der Waals surface area contributed by atoms with Gasteiger partial charge in [-0.3, -0.25) is 19.3 Å². The zero-order valence-electron chi connectivity index (χ0n) is 17.6. The Balaban J connectivity index is 1.80. The largest absolute Gasteiger partial charge is 0.372 e. The Kier molecular flexibility index (Phi) is 7.15. The van der Waals surface area contributed by atoms with Crippen LogP contribution in [0.2, 0.25) is 0 Å². The van der Waals surface area contributed by atoms with Crippen LogP contribution >= 0.6 is 11.8 Å². The molecule has 30 heavy (non-hydrogen) atoms. The second-order valence-electron chi connectivity index (χ2n) is 7.03. The highest BCUT2D eigenvalue weighted by atomic mass is 32.2. The summed E-state index contributed by atoms with van der Waals surface area (Å²) in [6.07, 6.45) is 2.33. The van der Waals surface area contributed by atoms with E-state index in [2.05, 4.69) is 24.1 Å². The van der Waals surface area contributed by atoms with Crippen LogP contribution < -0.4 is 10.2 Å². The summed E-state index contributed by atoms with van der Waals surface area (Å²) in [5, 5.41) is 2.89. The van der Waals surface area contributed by atoms with Crippen molar-refractivity contribution in [1.82, 2.24) is 4.90 Å². The van der Waals surface area contributed by atoms with Crippen molar-refractivity contribution in [3.05, 3.63) is 59.7 Å². The van der Waals surface area contributed by atoms with Crippen LogP contribution in [0.15, 0.2) is 48.5 Å². The molecule has 0 bridgehead atoms. The van der Waals surface area contributed by atoms with E-state index in [0.717, 1.165) is 23.7 Å². The first-order valence-electron chi connectivity index (χ1n) is 10.1. The van der Waals surface area contributed by atoms with Crippen LogP contribution in [0, 0.1) is 0 Å². The molecular weight excluding hydrogens is 398 g/mol. The molecule has 0 radical (unpaired) electrons. The molecule has 0 saturated heterocycles. The maximum absolute atomic E-state index is 13.1. The van der Waals surface area contributed by atoms with Gasteiger partial charge < -0.3 is 10.2 Å². The molecule has 1 N–H and O–H groups in total. The lowest BCUT2D eigenvalue weighted by Crippen LogP contribution is -2.47. The number of nitrogens with zero attached hydrogens (tertiary/aromatic N) is 2. The van der Waals surface area contributed by atoms with Crippen molar-refractivity contribution in [3.8, 4) is 0 Å². The molecule has 3 rings (SSSR count). The monoisotopic (exact) mass is 425 g/mol. The molecule has 0 fully saturated rings. The number of benzene rings is 2. The van der Waals surface area contributed by atoms with Crippen LogP contribution in [0.3, 0.4) is 0 Å². The molecule has 0 aliphatic carbocycles. The van der Waals surface area contributed by atoms with E-state index in [4.69, 9.17) is 0 Å². The Hall–Kier alpha value is -2.80. The fourth-order valence-corrected chi connectivity index (χ4v) is 4.13. The third kappa shape index (κ3) is 4.36. The Bertz CT molecular complexity index is 891. The zero-order chi connectivity index (χ0) is 21.7.